The summed E-state index contributed by atoms with van der Waals surface area (Å²) in [6, 6.07) is 0. The average Bonchev–Trinajstić information content (AvgIpc) is 1.31. The van der Waals surface area contributed by atoms with Crippen LogP contribution in [-0.2, 0) is 11.8 Å². The molecule has 0 aromatic carbocycles. The van der Waals surface area contributed by atoms with E-state index in [0.29, 0.717) is 5.16 Å². The van der Waals surface area contributed by atoms with E-state index in [-0.39, 0.29) is 6.70 Å². The summed E-state index contributed by atoms with van der Waals surface area (Å²) in [5.74, 6) is 0. The number of hydrogen-bond donors (Lipinski definition) is 0. The molecular formula is C5H12PS+. The molecule has 0 spiro atoms. The molecule has 0 amide bonds. The van der Waals surface area contributed by atoms with Crippen molar-refractivity contribution >= 4 is 18.5 Å². The van der Waals surface area contributed by atoms with Gasteiger partial charge in [0.15, 0.2) is 18.5 Å². The first-order valence-electron chi connectivity index (χ1n) is 2.35. The molecular weight excluding hydrogens is 123 g/mol. The molecule has 0 N–H and O–H groups in total. The molecule has 0 fully saturated rings. The zero-order valence-corrected chi connectivity index (χ0v) is 7.07. The monoisotopic (exact) mass is 135 g/mol. The Balaban J connectivity index is 3.79. The molecule has 0 rings (SSSR count). The summed E-state index contributed by atoms with van der Waals surface area (Å²) in [4.78, 5) is 0. The van der Waals surface area contributed by atoms with Crippen LogP contribution >= 0.6 is 6.70 Å². The van der Waals surface area contributed by atoms with Gasteiger partial charge in [-0.1, -0.05) is 0 Å². The minimum absolute atomic E-state index is 0.158. The van der Waals surface area contributed by atoms with Gasteiger partial charge in [0, 0.05) is 0 Å². The van der Waals surface area contributed by atoms with Crippen molar-refractivity contribution in [1.82, 2.24) is 0 Å². The molecule has 1 atom stereocenters. The summed E-state index contributed by atoms with van der Waals surface area (Å²) in [6.45, 7) is 8.53. The zero-order valence-electron chi connectivity index (χ0n) is 5.36. The minimum Gasteiger partial charge on any atom is -0.0180 e. The lowest BCUT2D eigenvalue weighted by Gasteiger charge is -2.03. The first-order valence-corrected chi connectivity index (χ1v) is 5.16. The summed E-state index contributed by atoms with van der Waals surface area (Å²) >= 11 is 5.08. The SMILES string of the molecule is C[P+](=S)C(C)(C)C. The summed E-state index contributed by atoms with van der Waals surface area (Å²) in [5.41, 5.74) is 0. The summed E-state index contributed by atoms with van der Waals surface area (Å²) < 4.78 is 0. The van der Waals surface area contributed by atoms with Crippen LogP contribution in [0.15, 0.2) is 0 Å². The highest BCUT2D eigenvalue weighted by atomic mass is 32.4. The fourth-order valence-corrected chi connectivity index (χ4v) is 0. The van der Waals surface area contributed by atoms with Gasteiger partial charge in [0.1, 0.15) is 11.8 Å². The molecule has 0 aliphatic heterocycles. The van der Waals surface area contributed by atoms with Crippen molar-refractivity contribution in [2.24, 2.45) is 0 Å². The van der Waals surface area contributed by atoms with E-state index in [2.05, 4.69) is 27.4 Å². The fraction of sp³-hybridized carbons (Fsp3) is 1.00. The van der Waals surface area contributed by atoms with Gasteiger partial charge in [-0.3, -0.25) is 0 Å². The van der Waals surface area contributed by atoms with Crippen molar-refractivity contribution in [3.8, 4) is 0 Å². The highest BCUT2D eigenvalue weighted by Crippen LogP contribution is 2.33. The molecule has 0 saturated carbocycles. The van der Waals surface area contributed by atoms with E-state index in [1.807, 2.05) is 0 Å². The highest BCUT2D eigenvalue weighted by Gasteiger charge is 2.22. The van der Waals surface area contributed by atoms with E-state index in [1.54, 1.807) is 0 Å². The molecule has 0 radical (unpaired) electrons. The molecule has 2 heteroatoms. The van der Waals surface area contributed by atoms with Crippen molar-refractivity contribution in [1.29, 1.82) is 0 Å². The highest BCUT2D eigenvalue weighted by molar-refractivity contribution is 8.05. The molecule has 0 aliphatic carbocycles. The van der Waals surface area contributed by atoms with Crippen molar-refractivity contribution in [3.05, 3.63) is 0 Å². The van der Waals surface area contributed by atoms with Crippen LogP contribution in [0.25, 0.3) is 0 Å². The van der Waals surface area contributed by atoms with Crippen LogP contribution in [0.3, 0.4) is 0 Å². The first-order chi connectivity index (χ1) is 2.94. The Morgan fingerprint density at radius 1 is 1.29 bits per heavy atom. The molecule has 0 heterocycles. The largest absolute Gasteiger partial charge is 0.177 e. The summed E-state index contributed by atoms with van der Waals surface area (Å²) in [5, 5.41) is 0.380. The zero-order chi connectivity index (χ0) is 6.08. The van der Waals surface area contributed by atoms with Gasteiger partial charge in [-0.05, 0) is 20.8 Å². The summed E-state index contributed by atoms with van der Waals surface area (Å²) in [6.07, 6.45) is 0. The molecule has 1 unspecified atom stereocenters. The molecule has 0 aromatic heterocycles. The van der Waals surface area contributed by atoms with Gasteiger partial charge in [-0.15, -0.1) is 0 Å². The van der Waals surface area contributed by atoms with Gasteiger partial charge in [0.2, 0.25) is 0 Å². The second-order valence-corrected chi connectivity index (χ2v) is 6.65. The predicted octanol–water partition coefficient (Wildman–Crippen LogP) is 2.36. The second kappa shape index (κ2) is 2.19. The third kappa shape index (κ3) is 3.13. The maximum atomic E-state index is 5.08. The lowest BCUT2D eigenvalue weighted by atomic mass is 10.3. The van der Waals surface area contributed by atoms with Crippen LogP contribution in [0, 0.1) is 0 Å². The van der Waals surface area contributed by atoms with E-state index >= 15 is 0 Å². The Morgan fingerprint density at radius 2 is 1.43 bits per heavy atom. The molecule has 7 heavy (non-hydrogen) atoms. The quantitative estimate of drug-likeness (QED) is 0.459. The molecule has 0 aromatic rings. The smallest absolute Gasteiger partial charge is 0.0180 e. The van der Waals surface area contributed by atoms with Crippen molar-refractivity contribution in [3.63, 3.8) is 0 Å². The molecule has 0 aliphatic rings. The number of hydrogen-bond acceptors (Lipinski definition) is 1. The lowest BCUT2D eigenvalue weighted by Crippen LogP contribution is -2.05. The topological polar surface area (TPSA) is 0 Å². The Labute approximate surface area is 51.7 Å². The minimum atomic E-state index is -0.158. The van der Waals surface area contributed by atoms with E-state index in [4.69, 9.17) is 11.8 Å². The van der Waals surface area contributed by atoms with Gasteiger partial charge >= 0.3 is 0 Å². The normalized spacial score (nSPS) is 14.0. The van der Waals surface area contributed by atoms with Gasteiger partial charge in [0.05, 0.1) is 0 Å². The van der Waals surface area contributed by atoms with Crippen LogP contribution < -0.4 is 0 Å². The maximum Gasteiger partial charge on any atom is 0.177 e. The van der Waals surface area contributed by atoms with Gasteiger partial charge in [-0.25, -0.2) is 0 Å². The Kier molecular flexibility index (Phi) is 2.35. The Bertz CT molecular complexity index is 80.6. The van der Waals surface area contributed by atoms with Crippen molar-refractivity contribution in [2.75, 3.05) is 6.66 Å². The molecule has 0 bridgehead atoms. The molecule has 42 valence electrons. The van der Waals surface area contributed by atoms with Gasteiger partial charge < -0.3 is 0 Å². The maximum absolute atomic E-state index is 5.08. The molecule has 0 nitrogen and oxygen atoms in total. The Morgan fingerprint density at radius 3 is 1.43 bits per heavy atom. The summed E-state index contributed by atoms with van der Waals surface area (Å²) in [7, 11) is 0. The van der Waals surface area contributed by atoms with E-state index in [9.17, 15) is 0 Å². The fourth-order valence-electron chi connectivity index (χ4n) is 0. The third-order valence-electron chi connectivity index (χ3n) is 0.945. The van der Waals surface area contributed by atoms with E-state index in [0.717, 1.165) is 0 Å². The predicted molar refractivity (Wildman–Crippen MR) is 40.0 cm³/mol. The number of rotatable bonds is 0. The average molecular weight is 135 g/mol. The van der Waals surface area contributed by atoms with Gasteiger partial charge in [0.25, 0.3) is 0 Å². The standard InChI is InChI=1S/C5H12PS/c1-5(2,3)6(4)7/h1-4H3/q+1. The van der Waals surface area contributed by atoms with Crippen molar-refractivity contribution in [2.45, 2.75) is 25.9 Å². The van der Waals surface area contributed by atoms with Gasteiger partial charge in [-0.2, -0.15) is 0 Å². The van der Waals surface area contributed by atoms with E-state index < -0.39 is 0 Å². The van der Waals surface area contributed by atoms with Crippen LogP contribution in [0.4, 0.5) is 0 Å². The van der Waals surface area contributed by atoms with E-state index in [1.165, 1.54) is 0 Å². The van der Waals surface area contributed by atoms with Crippen LogP contribution in [0.1, 0.15) is 20.8 Å². The lowest BCUT2D eigenvalue weighted by molar-refractivity contribution is 0.796. The van der Waals surface area contributed by atoms with Crippen LogP contribution in [0.2, 0.25) is 0 Å². The van der Waals surface area contributed by atoms with Crippen LogP contribution in [0.5, 0.6) is 0 Å². The molecule has 0 saturated heterocycles. The second-order valence-electron chi connectivity index (χ2n) is 2.67. The van der Waals surface area contributed by atoms with Crippen LogP contribution in [-0.4, -0.2) is 11.8 Å². The third-order valence-corrected chi connectivity index (χ3v) is 4.48. The van der Waals surface area contributed by atoms with Crippen molar-refractivity contribution < 1.29 is 0 Å². The Hall–Kier alpha value is 0.520. The first kappa shape index (κ1) is 7.52.